The second-order valence-corrected chi connectivity index (χ2v) is 4.75. The number of ether oxygens (including phenoxy) is 1. The Morgan fingerprint density at radius 2 is 1.83 bits per heavy atom. The van der Waals surface area contributed by atoms with E-state index in [1.165, 1.54) is 0 Å². The van der Waals surface area contributed by atoms with Gasteiger partial charge in [-0.3, -0.25) is 0 Å². The Labute approximate surface area is 115 Å². The molecule has 2 aromatic rings. The molecule has 0 radical (unpaired) electrons. The van der Waals surface area contributed by atoms with Gasteiger partial charge in [0.1, 0.15) is 23.5 Å². The zero-order valence-electron chi connectivity index (χ0n) is 9.93. The quantitative estimate of drug-likeness (QED) is 0.838. The van der Waals surface area contributed by atoms with Crippen LogP contribution in [0, 0.1) is 11.3 Å². The zero-order chi connectivity index (χ0) is 13.0. The number of benzene rings is 2. The molecule has 0 saturated carbocycles. The summed E-state index contributed by atoms with van der Waals surface area (Å²) in [6.45, 7) is 1.97. The van der Waals surface area contributed by atoms with Crippen molar-refractivity contribution in [2.75, 3.05) is 0 Å². The highest BCUT2D eigenvalue weighted by Crippen LogP contribution is 2.29. The van der Waals surface area contributed by atoms with Gasteiger partial charge in [0.2, 0.25) is 0 Å². The Morgan fingerprint density at radius 3 is 2.50 bits per heavy atom. The molecule has 0 fully saturated rings. The largest absolute Gasteiger partial charge is 0.485 e. The van der Waals surface area contributed by atoms with Gasteiger partial charge in [0.05, 0.1) is 0 Å². The molecule has 0 heterocycles. The average molecular weight is 302 g/mol. The van der Waals surface area contributed by atoms with Gasteiger partial charge >= 0.3 is 0 Å². The van der Waals surface area contributed by atoms with Gasteiger partial charge in [-0.2, -0.15) is 5.26 Å². The van der Waals surface area contributed by atoms with E-state index in [9.17, 15) is 0 Å². The minimum Gasteiger partial charge on any atom is -0.485 e. The van der Waals surface area contributed by atoms with Crippen molar-refractivity contribution in [3.05, 3.63) is 64.1 Å². The molecule has 3 heteroatoms. The van der Waals surface area contributed by atoms with Crippen LogP contribution in [0.3, 0.4) is 0 Å². The van der Waals surface area contributed by atoms with Crippen molar-refractivity contribution in [2.24, 2.45) is 0 Å². The van der Waals surface area contributed by atoms with Crippen molar-refractivity contribution in [1.29, 1.82) is 5.26 Å². The predicted molar refractivity (Wildman–Crippen MR) is 74.3 cm³/mol. The SMILES string of the molecule is CC(Oc1cccc(Br)c1C#N)c1ccccc1. The van der Waals surface area contributed by atoms with E-state index in [2.05, 4.69) is 22.0 Å². The van der Waals surface area contributed by atoms with E-state index < -0.39 is 0 Å². The van der Waals surface area contributed by atoms with Crippen LogP contribution in [0.2, 0.25) is 0 Å². The molecule has 1 atom stereocenters. The molecular formula is C15H12BrNO. The smallest absolute Gasteiger partial charge is 0.139 e. The van der Waals surface area contributed by atoms with E-state index in [1.807, 2.05) is 55.5 Å². The molecular weight excluding hydrogens is 290 g/mol. The minimum absolute atomic E-state index is 0.0902. The van der Waals surface area contributed by atoms with Gasteiger partial charge in [-0.1, -0.05) is 36.4 Å². The summed E-state index contributed by atoms with van der Waals surface area (Å²) in [5.74, 6) is 0.600. The first kappa shape index (κ1) is 12.7. The summed E-state index contributed by atoms with van der Waals surface area (Å²) in [6.07, 6.45) is -0.0902. The van der Waals surface area contributed by atoms with Crippen LogP contribution in [0.15, 0.2) is 53.0 Å². The average Bonchev–Trinajstić information content (AvgIpc) is 2.40. The fourth-order valence-corrected chi connectivity index (χ4v) is 2.13. The van der Waals surface area contributed by atoms with E-state index in [0.29, 0.717) is 11.3 Å². The maximum Gasteiger partial charge on any atom is 0.139 e. The lowest BCUT2D eigenvalue weighted by atomic mass is 10.1. The van der Waals surface area contributed by atoms with Crippen molar-refractivity contribution in [2.45, 2.75) is 13.0 Å². The molecule has 0 aliphatic rings. The lowest BCUT2D eigenvalue weighted by Gasteiger charge is -2.16. The van der Waals surface area contributed by atoms with Gasteiger partial charge < -0.3 is 4.74 Å². The summed E-state index contributed by atoms with van der Waals surface area (Å²) in [6, 6.07) is 17.6. The topological polar surface area (TPSA) is 33.0 Å². The first-order valence-electron chi connectivity index (χ1n) is 5.62. The van der Waals surface area contributed by atoms with Crippen LogP contribution >= 0.6 is 15.9 Å². The first-order chi connectivity index (χ1) is 8.72. The number of halogens is 1. The summed E-state index contributed by atoms with van der Waals surface area (Å²) >= 11 is 3.35. The lowest BCUT2D eigenvalue weighted by molar-refractivity contribution is 0.226. The van der Waals surface area contributed by atoms with Gasteiger partial charge in [0.15, 0.2) is 0 Å². The second-order valence-electron chi connectivity index (χ2n) is 3.90. The van der Waals surface area contributed by atoms with E-state index >= 15 is 0 Å². The van der Waals surface area contributed by atoms with Crippen LogP contribution in [0.1, 0.15) is 24.2 Å². The highest BCUT2D eigenvalue weighted by atomic mass is 79.9. The molecule has 0 amide bonds. The molecule has 0 spiro atoms. The van der Waals surface area contributed by atoms with Gasteiger partial charge in [0.25, 0.3) is 0 Å². The maximum atomic E-state index is 9.12. The van der Waals surface area contributed by atoms with Gasteiger partial charge in [-0.15, -0.1) is 0 Å². The number of rotatable bonds is 3. The van der Waals surface area contributed by atoms with Crippen LogP contribution in [0.25, 0.3) is 0 Å². The molecule has 2 nitrogen and oxygen atoms in total. The van der Waals surface area contributed by atoms with Gasteiger partial charge in [0, 0.05) is 4.47 Å². The summed E-state index contributed by atoms with van der Waals surface area (Å²) in [5, 5.41) is 9.12. The summed E-state index contributed by atoms with van der Waals surface area (Å²) in [4.78, 5) is 0. The van der Waals surface area contributed by atoms with Crippen molar-refractivity contribution in [3.63, 3.8) is 0 Å². The molecule has 0 aliphatic heterocycles. The Kier molecular flexibility index (Phi) is 4.01. The van der Waals surface area contributed by atoms with E-state index in [1.54, 1.807) is 0 Å². The number of hydrogen-bond acceptors (Lipinski definition) is 2. The molecule has 0 bridgehead atoms. The molecule has 18 heavy (non-hydrogen) atoms. The van der Waals surface area contributed by atoms with Crippen LogP contribution in [-0.4, -0.2) is 0 Å². The molecule has 0 N–H and O–H groups in total. The van der Waals surface area contributed by atoms with E-state index in [-0.39, 0.29) is 6.10 Å². The number of nitrogens with zero attached hydrogens (tertiary/aromatic N) is 1. The Bertz CT molecular complexity index is 575. The van der Waals surface area contributed by atoms with Crippen molar-refractivity contribution in [1.82, 2.24) is 0 Å². The fourth-order valence-electron chi connectivity index (χ4n) is 1.69. The Morgan fingerprint density at radius 1 is 1.11 bits per heavy atom. The fraction of sp³-hybridized carbons (Fsp3) is 0.133. The van der Waals surface area contributed by atoms with Crippen LogP contribution in [0.4, 0.5) is 0 Å². The molecule has 0 aliphatic carbocycles. The maximum absolute atomic E-state index is 9.12. The molecule has 90 valence electrons. The molecule has 2 rings (SSSR count). The minimum atomic E-state index is -0.0902. The predicted octanol–water partition coefficient (Wildman–Crippen LogP) is 4.46. The monoisotopic (exact) mass is 301 g/mol. The molecule has 2 aromatic carbocycles. The zero-order valence-corrected chi connectivity index (χ0v) is 11.5. The second kappa shape index (κ2) is 5.70. The third kappa shape index (κ3) is 2.72. The third-order valence-corrected chi connectivity index (χ3v) is 3.32. The first-order valence-corrected chi connectivity index (χ1v) is 6.42. The van der Waals surface area contributed by atoms with Gasteiger partial charge in [-0.25, -0.2) is 0 Å². The Balaban J connectivity index is 2.25. The summed E-state index contributed by atoms with van der Waals surface area (Å²) in [5.41, 5.74) is 1.61. The summed E-state index contributed by atoms with van der Waals surface area (Å²) < 4.78 is 6.60. The van der Waals surface area contributed by atoms with Crippen molar-refractivity contribution < 1.29 is 4.74 Å². The highest BCUT2D eigenvalue weighted by molar-refractivity contribution is 9.10. The van der Waals surface area contributed by atoms with Crippen LogP contribution in [0.5, 0.6) is 5.75 Å². The van der Waals surface area contributed by atoms with Crippen molar-refractivity contribution in [3.8, 4) is 11.8 Å². The Hall–Kier alpha value is -1.79. The number of hydrogen-bond donors (Lipinski definition) is 0. The van der Waals surface area contributed by atoms with Gasteiger partial charge in [-0.05, 0) is 40.5 Å². The normalized spacial score (nSPS) is 11.6. The standard InChI is InChI=1S/C15H12BrNO/c1-11(12-6-3-2-4-7-12)18-15-9-5-8-14(16)13(15)10-17/h2-9,11H,1H3. The molecule has 1 unspecified atom stereocenters. The number of nitriles is 1. The lowest BCUT2D eigenvalue weighted by Crippen LogP contribution is -2.04. The van der Waals surface area contributed by atoms with Crippen LogP contribution < -0.4 is 4.74 Å². The van der Waals surface area contributed by atoms with Crippen molar-refractivity contribution >= 4 is 15.9 Å². The molecule has 0 aromatic heterocycles. The highest BCUT2D eigenvalue weighted by Gasteiger charge is 2.11. The molecule has 0 saturated heterocycles. The van der Waals surface area contributed by atoms with Crippen LogP contribution in [-0.2, 0) is 0 Å². The van der Waals surface area contributed by atoms with E-state index in [0.717, 1.165) is 10.0 Å². The third-order valence-electron chi connectivity index (χ3n) is 2.66. The van der Waals surface area contributed by atoms with E-state index in [4.69, 9.17) is 10.00 Å². The summed E-state index contributed by atoms with van der Waals surface area (Å²) in [7, 11) is 0.